The molecule has 2 N–H and O–H groups in total. The van der Waals surface area contributed by atoms with Gasteiger partial charge in [-0.05, 0) is 50.3 Å². The van der Waals surface area contributed by atoms with Crippen LogP contribution in [0.15, 0.2) is 12.1 Å². The first-order valence-electron chi connectivity index (χ1n) is 7.97. The van der Waals surface area contributed by atoms with Gasteiger partial charge in [0.2, 0.25) is 0 Å². The zero-order chi connectivity index (χ0) is 14.7. The third kappa shape index (κ3) is 3.86. The van der Waals surface area contributed by atoms with Gasteiger partial charge in [0.1, 0.15) is 11.6 Å². The lowest BCUT2D eigenvalue weighted by molar-refractivity contribution is 0.122. The highest BCUT2D eigenvalue weighted by Gasteiger charge is 2.20. The van der Waals surface area contributed by atoms with Gasteiger partial charge in [0.25, 0.3) is 0 Å². The summed E-state index contributed by atoms with van der Waals surface area (Å²) in [5.74, 6) is 1.99. The predicted octanol–water partition coefficient (Wildman–Crippen LogP) is 1.94. The highest BCUT2D eigenvalue weighted by atomic mass is 16.5. The number of ether oxygens (including phenoxy) is 1. The van der Waals surface area contributed by atoms with Crippen LogP contribution in [0.3, 0.4) is 0 Å². The standard InChI is InChI=1S/C16H25N3O2/c1-12-10-15(17-13-2-4-14(20)5-3-13)18-16(11-12)19-6-8-21-9-7-19/h10-11,13-14,20H,2-9H2,1H3,(H,17,18). The van der Waals surface area contributed by atoms with Gasteiger partial charge in [0.15, 0.2) is 0 Å². The maximum absolute atomic E-state index is 9.59. The molecule has 0 unspecified atom stereocenters. The average molecular weight is 291 g/mol. The number of nitrogens with zero attached hydrogens (tertiary/aromatic N) is 2. The van der Waals surface area contributed by atoms with E-state index in [1.807, 2.05) is 0 Å². The molecule has 0 radical (unpaired) electrons. The number of hydrogen-bond acceptors (Lipinski definition) is 5. The van der Waals surface area contributed by atoms with Gasteiger partial charge in [-0.1, -0.05) is 0 Å². The lowest BCUT2D eigenvalue weighted by Gasteiger charge is -2.30. The monoisotopic (exact) mass is 291 g/mol. The number of aromatic nitrogens is 1. The maximum Gasteiger partial charge on any atom is 0.131 e. The Labute approximate surface area is 126 Å². The number of anilines is 2. The lowest BCUT2D eigenvalue weighted by Crippen LogP contribution is -2.37. The Morgan fingerprint density at radius 2 is 1.90 bits per heavy atom. The molecule has 5 heteroatoms. The second-order valence-corrected chi connectivity index (χ2v) is 6.14. The van der Waals surface area contributed by atoms with E-state index in [9.17, 15) is 5.11 Å². The summed E-state index contributed by atoms with van der Waals surface area (Å²) in [6.07, 6.45) is 3.70. The van der Waals surface area contributed by atoms with Crippen molar-refractivity contribution in [2.75, 3.05) is 36.5 Å². The molecule has 2 heterocycles. The molecule has 1 aliphatic heterocycles. The van der Waals surface area contributed by atoms with E-state index in [-0.39, 0.29) is 6.10 Å². The van der Waals surface area contributed by atoms with Gasteiger partial charge in [-0.3, -0.25) is 0 Å². The first-order chi connectivity index (χ1) is 10.2. The lowest BCUT2D eigenvalue weighted by atomic mass is 9.93. The summed E-state index contributed by atoms with van der Waals surface area (Å²) in [7, 11) is 0. The largest absolute Gasteiger partial charge is 0.393 e. The molecule has 1 aromatic rings. The van der Waals surface area contributed by atoms with Gasteiger partial charge < -0.3 is 20.1 Å². The first-order valence-corrected chi connectivity index (χ1v) is 7.97. The normalized spacial score (nSPS) is 26.7. The van der Waals surface area contributed by atoms with E-state index in [0.717, 1.165) is 63.6 Å². The smallest absolute Gasteiger partial charge is 0.131 e. The Balaban J connectivity index is 1.68. The number of morpholine rings is 1. The van der Waals surface area contributed by atoms with Crippen LogP contribution in [-0.4, -0.2) is 48.5 Å². The number of nitrogens with one attached hydrogen (secondary N) is 1. The quantitative estimate of drug-likeness (QED) is 0.891. The van der Waals surface area contributed by atoms with Gasteiger partial charge in [-0.15, -0.1) is 0 Å². The summed E-state index contributed by atoms with van der Waals surface area (Å²) in [5, 5.41) is 13.1. The van der Waals surface area contributed by atoms with Gasteiger partial charge in [-0.2, -0.15) is 0 Å². The fourth-order valence-corrected chi connectivity index (χ4v) is 3.11. The van der Waals surface area contributed by atoms with Crippen LogP contribution in [0.2, 0.25) is 0 Å². The van der Waals surface area contributed by atoms with Crippen molar-refractivity contribution in [3.63, 3.8) is 0 Å². The molecule has 116 valence electrons. The number of rotatable bonds is 3. The number of hydrogen-bond donors (Lipinski definition) is 2. The van der Waals surface area contributed by atoms with E-state index in [1.165, 1.54) is 5.56 Å². The Kier molecular flexibility index (Phi) is 4.60. The fourth-order valence-electron chi connectivity index (χ4n) is 3.11. The van der Waals surface area contributed by atoms with Crippen molar-refractivity contribution in [2.24, 2.45) is 0 Å². The molecule has 1 saturated carbocycles. The van der Waals surface area contributed by atoms with Gasteiger partial charge >= 0.3 is 0 Å². The number of aryl methyl sites for hydroxylation is 1. The molecule has 5 nitrogen and oxygen atoms in total. The number of aliphatic hydroxyl groups is 1. The van der Waals surface area contributed by atoms with Crippen molar-refractivity contribution in [3.8, 4) is 0 Å². The van der Waals surface area contributed by atoms with Gasteiger partial charge in [0, 0.05) is 19.1 Å². The summed E-state index contributed by atoms with van der Waals surface area (Å²) in [4.78, 5) is 7.05. The third-order valence-electron chi connectivity index (χ3n) is 4.34. The van der Waals surface area contributed by atoms with E-state index in [4.69, 9.17) is 9.72 Å². The molecular formula is C16H25N3O2. The predicted molar refractivity (Wildman–Crippen MR) is 83.9 cm³/mol. The van der Waals surface area contributed by atoms with Gasteiger partial charge in [0.05, 0.1) is 19.3 Å². The molecule has 0 spiro atoms. The third-order valence-corrected chi connectivity index (χ3v) is 4.34. The van der Waals surface area contributed by atoms with Crippen LogP contribution in [0.5, 0.6) is 0 Å². The van der Waals surface area contributed by atoms with Crippen molar-refractivity contribution >= 4 is 11.6 Å². The summed E-state index contributed by atoms with van der Waals surface area (Å²) < 4.78 is 5.40. The molecule has 0 atom stereocenters. The zero-order valence-electron chi connectivity index (χ0n) is 12.7. The Morgan fingerprint density at radius 1 is 1.19 bits per heavy atom. The molecule has 2 fully saturated rings. The molecule has 21 heavy (non-hydrogen) atoms. The molecule has 1 aliphatic carbocycles. The fraction of sp³-hybridized carbons (Fsp3) is 0.688. The van der Waals surface area contributed by atoms with Crippen LogP contribution < -0.4 is 10.2 Å². The minimum Gasteiger partial charge on any atom is -0.393 e. The van der Waals surface area contributed by atoms with Crippen LogP contribution in [0.4, 0.5) is 11.6 Å². The summed E-state index contributed by atoms with van der Waals surface area (Å²) in [6.45, 7) is 5.48. The van der Waals surface area contributed by atoms with E-state index < -0.39 is 0 Å². The molecule has 0 bridgehead atoms. The second kappa shape index (κ2) is 6.62. The highest BCUT2D eigenvalue weighted by molar-refractivity contribution is 5.50. The number of pyridine rings is 1. The Hall–Kier alpha value is -1.33. The zero-order valence-corrected chi connectivity index (χ0v) is 12.7. The van der Waals surface area contributed by atoms with Crippen molar-refractivity contribution in [1.29, 1.82) is 0 Å². The summed E-state index contributed by atoms with van der Waals surface area (Å²) >= 11 is 0. The molecular weight excluding hydrogens is 266 g/mol. The minimum atomic E-state index is -0.113. The van der Waals surface area contributed by atoms with E-state index >= 15 is 0 Å². The Bertz CT molecular complexity index is 467. The SMILES string of the molecule is Cc1cc(NC2CCC(O)CC2)nc(N2CCOCC2)c1. The van der Waals surface area contributed by atoms with Crippen molar-refractivity contribution < 1.29 is 9.84 Å². The van der Waals surface area contributed by atoms with E-state index in [0.29, 0.717) is 6.04 Å². The topological polar surface area (TPSA) is 57.6 Å². The minimum absolute atomic E-state index is 0.113. The van der Waals surface area contributed by atoms with Crippen LogP contribution in [-0.2, 0) is 4.74 Å². The van der Waals surface area contributed by atoms with Crippen LogP contribution in [0, 0.1) is 6.92 Å². The molecule has 1 aromatic heterocycles. The maximum atomic E-state index is 9.59. The Morgan fingerprint density at radius 3 is 2.62 bits per heavy atom. The summed E-state index contributed by atoms with van der Waals surface area (Å²) in [6, 6.07) is 4.68. The molecule has 2 aliphatic rings. The molecule has 3 rings (SSSR count). The van der Waals surface area contributed by atoms with E-state index in [1.54, 1.807) is 0 Å². The molecule has 0 amide bonds. The highest BCUT2D eigenvalue weighted by Crippen LogP contribution is 2.24. The van der Waals surface area contributed by atoms with Crippen molar-refractivity contribution in [2.45, 2.75) is 44.8 Å². The second-order valence-electron chi connectivity index (χ2n) is 6.14. The summed E-state index contributed by atoms with van der Waals surface area (Å²) in [5.41, 5.74) is 1.23. The van der Waals surface area contributed by atoms with E-state index in [2.05, 4.69) is 29.3 Å². The first kappa shape index (κ1) is 14.6. The van der Waals surface area contributed by atoms with Crippen molar-refractivity contribution in [3.05, 3.63) is 17.7 Å². The van der Waals surface area contributed by atoms with Gasteiger partial charge in [-0.25, -0.2) is 4.98 Å². The number of aliphatic hydroxyl groups excluding tert-OH is 1. The van der Waals surface area contributed by atoms with Crippen LogP contribution >= 0.6 is 0 Å². The molecule has 1 saturated heterocycles. The average Bonchev–Trinajstić information content (AvgIpc) is 2.50. The van der Waals surface area contributed by atoms with Crippen LogP contribution in [0.1, 0.15) is 31.2 Å². The van der Waals surface area contributed by atoms with Crippen LogP contribution in [0.25, 0.3) is 0 Å². The van der Waals surface area contributed by atoms with Crippen molar-refractivity contribution in [1.82, 2.24) is 4.98 Å². The molecule has 0 aromatic carbocycles.